The Bertz CT molecular complexity index is 422. The second-order valence-electron chi connectivity index (χ2n) is 4.30. The van der Waals surface area contributed by atoms with Crippen molar-refractivity contribution in [2.75, 3.05) is 11.9 Å². The number of nitriles is 1. The van der Waals surface area contributed by atoms with Crippen molar-refractivity contribution in [2.45, 2.75) is 38.6 Å². The van der Waals surface area contributed by atoms with Gasteiger partial charge >= 0.3 is 0 Å². The molecule has 4 heteroatoms. The summed E-state index contributed by atoms with van der Waals surface area (Å²) in [7, 11) is 2.00. The zero-order chi connectivity index (χ0) is 11.5. The predicted octanol–water partition coefficient (Wildman–Crippen LogP) is 1.70. The molecule has 0 bridgehead atoms. The van der Waals surface area contributed by atoms with E-state index in [4.69, 9.17) is 5.26 Å². The van der Waals surface area contributed by atoms with Gasteiger partial charge in [-0.15, -0.1) is 0 Å². The van der Waals surface area contributed by atoms with Gasteiger partial charge in [0.1, 0.15) is 12.1 Å². The normalized spacial score (nSPS) is 15.3. The number of aryl methyl sites for hydroxylation is 1. The van der Waals surface area contributed by atoms with Crippen molar-refractivity contribution in [1.82, 2.24) is 9.97 Å². The van der Waals surface area contributed by atoms with Crippen molar-refractivity contribution in [3.05, 3.63) is 17.6 Å². The minimum atomic E-state index is 0.199. The molecule has 1 aliphatic rings. The molecule has 0 N–H and O–H groups in total. The van der Waals surface area contributed by atoms with Crippen LogP contribution in [0.1, 0.15) is 31.0 Å². The number of hydrogen-bond donors (Lipinski definition) is 0. The summed E-state index contributed by atoms with van der Waals surface area (Å²) in [5.41, 5.74) is 2.45. The molecule has 1 atom stereocenters. The van der Waals surface area contributed by atoms with Gasteiger partial charge in [0.15, 0.2) is 0 Å². The number of hydrogen-bond acceptors (Lipinski definition) is 4. The summed E-state index contributed by atoms with van der Waals surface area (Å²) >= 11 is 0. The topological polar surface area (TPSA) is 52.8 Å². The van der Waals surface area contributed by atoms with Gasteiger partial charge in [-0.2, -0.15) is 5.26 Å². The van der Waals surface area contributed by atoms with E-state index in [0.29, 0.717) is 6.42 Å². The van der Waals surface area contributed by atoms with Crippen LogP contribution in [0, 0.1) is 11.3 Å². The van der Waals surface area contributed by atoms with Gasteiger partial charge in [-0.1, -0.05) is 0 Å². The highest BCUT2D eigenvalue weighted by atomic mass is 15.2. The van der Waals surface area contributed by atoms with Crippen LogP contribution in [0.2, 0.25) is 0 Å². The third-order valence-electron chi connectivity index (χ3n) is 3.23. The van der Waals surface area contributed by atoms with Crippen LogP contribution in [0.3, 0.4) is 0 Å². The summed E-state index contributed by atoms with van der Waals surface area (Å²) in [6.07, 6.45) is 5.45. The average Bonchev–Trinajstić information content (AvgIpc) is 2.76. The standard InChI is InChI=1S/C12H16N4/c1-9(6-7-13)16(2)12-10-4-3-5-11(10)14-8-15-12/h8-9H,3-6H2,1-2H3. The van der Waals surface area contributed by atoms with Gasteiger partial charge in [0.05, 0.1) is 12.5 Å². The van der Waals surface area contributed by atoms with Crippen LogP contribution in [0.15, 0.2) is 6.33 Å². The zero-order valence-corrected chi connectivity index (χ0v) is 9.77. The molecule has 84 valence electrons. The SMILES string of the molecule is CC(CC#N)N(C)c1ncnc2c1CCC2. The lowest BCUT2D eigenvalue weighted by Gasteiger charge is -2.25. The molecule has 0 spiro atoms. The maximum absolute atomic E-state index is 8.72. The summed E-state index contributed by atoms with van der Waals surface area (Å²) in [6, 6.07) is 2.40. The van der Waals surface area contributed by atoms with Gasteiger partial charge in [-0.05, 0) is 26.2 Å². The molecule has 1 heterocycles. The monoisotopic (exact) mass is 216 g/mol. The van der Waals surface area contributed by atoms with Crippen LogP contribution in [-0.4, -0.2) is 23.1 Å². The Balaban J connectivity index is 2.27. The van der Waals surface area contributed by atoms with Crippen LogP contribution < -0.4 is 4.90 Å². The van der Waals surface area contributed by atoms with Gasteiger partial charge in [-0.3, -0.25) is 0 Å². The van der Waals surface area contributed by atoms with Gasteiger partial charge in [0, 0.05) is 24.3 Å². The molecule has 0 aromatic carbocycles. The minimum absolute atomic E-state index is 0.199. The highest BCUT2D eigenvalue weighted by molar-refractivity contribution is 5.50. The Morgan fingerprint density at radius 3 is 3.06 bits per heavy atom. The lowest BCUT2D eigenvalue weighted by molar-refractivity contribution is 0.688. The van der Waals surface area contributed by atoms with E-state index in [1.807, 2.05) is 14.0 Å². The molecule has 1 aromatic heterocycles. The Labute approximate surface area is 95.9 Å². The van der Waals surface area contributed by atoms with E-state index in [0.717, 1.165) is 18.7 Å². The lowest BCUT2D eigenvalue weighted by Crippen LogP contribution is -2.30. The Morgan fingerprint density at radius 1 is 1.50 bits per heavy atom. The number of anilines is 1. The van der Waals surface area contributed by atoms with Crippen molar-refractivity contribution in [1.29, 1.82) is 5.26 Å². The summed E-state index contributed by atoms with van der Waals surface area (Å²) in [6.45, 7) is 2.05. The van der Waals surface area contributed by atoms with E-state index < -0.39 is 0 Å². The Hall–Kier alpha value is -1.63. The molecule has 0 amide bonds. The van der Waals surface area contributed by atoms with E-state index in [9.17, 15) is 0 Å². The van der Waals surface area contributed by atoms with Crippen molar-refractivity contribution in [3.8, 4) is 6.07 Å². The first kappa shape index (κ1) is 10.9. The van der Waals surface area contributed by atoms with Crippen LogP contribution in [0.25, 0.3) is 0 Å². The average molecular weight is 216 g/mol. The molecule has 1 aromatic rings. The third-order valence-corrected chi connectivity index (χ3v) is 3.23. The Kier molecular flexibility index (Phi) is 3.04. The first-order valence-corrected chi connectivity index (χ1v) is 5.66. The third kappa shape index (κ3) is 1.85. The molecule has 0 aliphatic heterocycles. The second-order valence-corrected chi connectivity index (χ2v) is 4.30. The van der Waals surface area contributed by atoms with Crippen LogP contribution in [0.5, 0.6) is 0 Å². The molecular weight excluding hydrogens is 200 g/mol. The maximum Gasteiger partial charge on any atom is 0.135 e. The smallest absolute Gasteiger partial charge is 0.135 e. The summed E-state index contributed by atoms with van der Waals surface area (Å²) in [5, 5.41) is 8.72. The van der Waals surface area contributed by atoms with Gasteiger partial charge < -0.3 is 4.90 Å². The van der Waals surface area contributed by atoms with Gasteiger partial charge in [-0.25, -0.2) is 9.97 Å². The number of rotatable bonds is 3. The van der Waals surface area contributed by atoms with E-state index >= 15 is 0 Å². The van der Waals surface area contributed by atoms with Crippen LogP contribution >= 0.6 is 0 Å². The first-order valence-electron chi connectivity index (χ1n) is 5.66. The molecule has 2 rings (SSSR count). The maximum atomic E-state index is 8.72. The molecular formula is C12H16N4. The largest absolute Gasteiger partial charge is 0.356 e. The molecule has 1 aliphatic carbocycles. The fourth-order valence-corrected chi connectivity index (χ4v) is 2.12. The molecule has 0 radical (unpaired) electrons. The molecule has 16 heavy (non-hydrogen) atoms. The van der Waals surface area contributed by atoms with Crippen LogP contribution in [-0.2, 0) is 12.8 Å². The molecule has 1 unspecified atom stereocenters. The van der Waals surface area contributed by atoms with Gasteiger partial charge in [0.2, 0.25) is 0 Å². The van der Waals surface area contributed by atoms with E-state index in [-0.39, 0.29) is 6.04 Å². The minimum Gasteiger partial charge on any atom is -0.356 e. The van der Waals surface area contributed by atoms with E-state index in [2.05, 4.69) is 20.9 Å². The molecule has 0 saturated heterocycles. The van der Waals surface area contributed by atoms with Crippen molar-refractivity contribution >= 4 is 5.82 Å². The highest BCUT2D eigenvalue weighted by Crippen LogP contribution is 2.28. The van der Waals surface area contributed by atoms with Crippen molar-refractivity contribution in [2.24, 2.45) is 0 Å². The number of aromatic nitrogens is 2. The van der Waals surface area contributed by atoms with Crippen molar-refractivity contribution in [3.63, 3.8) is 0 Å². The van der Waals surface area contributed by atoms with Crippen LogP contribution in [0.4, 0.5) is 5.82 Å². The zero-order valence-electron chi connectivity index (χ0n) is 9.77. The fraction of sp³-hybridized carbons (Fsp3) is 0.583. The molecule has 4 nitrogen and oxygen atoms in total. The van der Waals surface area contributed by atoms with E-state index in [1.54, 1.807) is 6.33 Å². The number of nitrogens with zero attached hydrogens (tertiary/aromatic N) is 4. The summed E-state index contributed by atoms with van der Waals surface area (Å²) < 4.78 is 0. The number of fused-ring (bicyclic) bond motifs is 1. The predicted molar refractivity (Wildman–Crippen MR) is 62.2 cm³/mol. The fourth-order valence-electron chi connectivity index (χ4n) is 2.12. The first-order chi connectivity index (χ1) is 7.74. The quantitative estimate of drug-likeness (QED) is 0.771. The lowest BCUT2D eigenvalue weighted by atomic mass is 10.2. The highest BCUT2D eigenvalue weighted by Gasteiger charge is 2.21. The second kappa shape index (κ2) is 4.48. The summed E-state index contributed by atoms with van der Waals surface area (Å²) in [5.74, 6) is 1.00. The summed E-state index contributed by atoms with van der Waals surface area (Å²) in [4.78, 5) is 10.8. The molecule has 0 fully saturated rings. The van der Waals surface area contributed by atoms with Gasteiger partial charge in [0.25, 0.3) is 0 Å². The molecule has 0 saturated carbocycles. The Morgan fingerprint density at radius 2 is 2.31 bits per heavy atom. The van der Waals surface area contributed by atoms with E-state index in [1.165, 1.54) is 17.7 Å². The van der Waals surface area contributed by atoms with Crippen molar-refractivity contribution < 1.29 is 0 Å².